The molecule has 1 fully saturated rings. The highest BCUT2D eigenvalue weighted by Gasteiger charge is 2.28. The number of benzene rings is 2. The Morgan fingerprint density at radius 2 is 1.85 bits per heavy atom. The van der Waals surface area contributed by atoms with Crippen LogP contribution in [0.15, 0.2) is 52.2 Å². The SMILES string of the molecule is O=C(O)N(Cc1ccccc1CN1CCC1)c1cc(F)c(S(=O)(=O)Nc2cscn2)c(F)c1. The summed E-state index contributed by atoms with van der Waals surface area (Å²) in [6.45, 7) is 2.41. The monoisotopic (exact) mass is 494 g/mol. The molecule has 0 aliphatic carbocycles. The summed E-state index contributed by atoms with van der Waals surface area (Å²) < 4.78 is 56.5. The first-order valence-corrected chi connectivity index (χ1v) is 12.4. The van der Waals surface area contributed by atoms with Crippen molar-refractivity contribution in [1.82, 2.24) is 9.88 Å². The second kappa shape index (κ2) is 9.41. The predicted octanol–water partition coefficient (Wildman–Crippen LogP) is 4.11. The molecule has 2 aromatic carbocycles. The van der Waals surface area contributed by atoms with Crippen molar-refractivity contribution in [3.05, 3.63) is 70.1 Å². The number of rotatable bonds is 8. The molecule has 3 aromatic rings. The van der Waals surface area contributed by atoms with Crippen LogP contribution in [0.4, 0.5) is 25.1 Å². The van der Waals surface area contributed by atoms with Crippen LogP contribution in [0.5, 0.6) is 0 Å². The summed E-state index contributed by atoms with van der Waals surface area (Å²) in [6.07, 6.45) is -0.321. The van der Waals surface area contributed by atoms with E-state index in [2.05, 4.69) is 9.88 Å². The van der Waals surface area contributed by atoms with Crippen molar-refractivity contribution >= 4 is 39.0 Å². The number of anilines is 2. The molecule has 0 saturated carbocycles. The van der Waals surface area contributed by atoms with Crippen LogP contribution in [-0.2, 0) is 23.1 Å². The molecule has 2 heterocycles. The van der Waals surface area contributed by atoms with E-state index < -0.39 is 32.6 Å². The average molecular weight is 495 g/mol. The fourth-order valence-electron chi connectivity index (χ4n) is 3.50. The topological polar surface area (TPSA) is 103 Å². The molecule has 1 aliphatic heterocycles. The molecule has 1 saturated heterocycles. The first-order chi connectivity index (χ1) is 15.7. The minimum atomic E-state index is -4.61. The molecule has 8 nitrogen and oxygen atoms in total. The summed E-state index contributed by atoms with van der Waals surface area (Å²) >= 11 is 1.10. The molecule has 0 spiro atoms. The lowest BCUT2D eigenvalue weighted by atomic mass is 10.0. The third-order valence-corrected chi connectivity index (χ3v) is 7.25. The number of nitrogens with one attached hydrogen (secondary N) is 1. The van der Waals surface area contributed by atoms with Crippen molar-refractivity contribution in [2.24, 2.45) is 0 Å². The van der Waals surface area contributed by atoms with E-state index in [-0.39, 0.29) is 18.1 Å². The van der Waals surface area contributed by atoms with E-state index in [1.165, 1.54) is 10.9 Å². The Morgan fingerprint density at radius 3 is 2.39 bits per heavy atom. The van der Waals surface area contributed by atoms with Gasteiger partial charge < -0.3 is 5.11 Å². The van der Waals surface area contributed by atoms with Crippen molar-refractivity contribution < 1.29 is 27.1 Å². The number of amides is 1. The van der Waals surface area contributed by atoms with Gasteiger partial charge in [-0.25, -0.2) is 27.0 Å². The van der Waals surface area contributed by atoms with E-state index in [1.54, 1.807) is 12.1 Å². The fraction of sp³-hybridized carbons (Fsp3) is 0.238. The Morgan fingerprint density at radius 1 is 1.18 bits per heavy atom. The molecule has 1 aliphatic rings. The van der Waals surface area contributed by atoms with Crippen LogP contribution >= 0.6 is 11.3 Å². The van der Waals surface area contributed by atoms with Crippen molar-refractivity contribution in [3.63, 3.8) is 0 Å². The van der Waals surface area contributed by atoms with Gasteiger partial charge in [-0.1, -0.05) is 24.3 Å². The van der Waals surface area contributed by atoms with Gasteiger partial charge in [-0.05, 0) is 42.8 Å². The number of aromatic nitrogens is 1. The van der Waals surface area contributed by atoms with E-state index in [9.17, 15) is 27.1 Å². The number of likely N-dealkylation sites (tertiary alicyclic amines) is 1. The number of thiazole rings is 1. The molecule has 1 aromatic heterocycles. The molecular weight excluding hydrogens is 474 g/mol. The van der Waals surface area contributed by atoms with E-state index in [4.69, 9.17) is 0 Å². The van der Waals surface area contributed by atoms with Crippen molar-refractivity contribution in [2.75, 3.05) is 22.7 Å². The zero-order valence-corrected chi connectivity index (χ0v) is 18.9. The van der Waals surface area contributed by atoms with E-state index in [1.807, 2.05) is 16.9 Å². The van der Waals surface area contributed by atoms with E-state index in [0.717, 1.165) is 41.3 Å². The normalized spacial score (nSPS) is 14.0. The molecule has 12 heteroatoms. The predicted molar refractivity (Wildman–Crippen MR) is 120 cm³/mol. The van der Waals surface area contributed by atoms with E-state index in [0.29, 0.717) is 24.2 Å². The van der Waals surface area contributed by atoms with Gasteiger partial charge in [-0.2, -0.15) is 0 Å². The second-order valence-corrected chi connectivity index (χ2v) is 9.82. The zero-order chi connectivity index (χ0) is 23.6. The van der Waals surface area contributed by atoms with Crippen LogP contribution in [0.25, 0.3) is 0 Å². The number of carbonyl (C=O) groups is 1. The summed E-state index contributed by atoms with van der Waals surface area (Å²) in [4.78, 5) is 17.5. The van der Waals surface area contributed by atoms with Crippen LogP contribution < -0.4 is 9.62 Å². The van der Waals surface area contributed by atoms with Crippen LogP contribution in [0.2, 0.25) is 0 Å². The van der Waals surface area contributed by atoms with Gasteiger partial charge in [0.15, 0.2) is 10.7 Å². The second-order valence-electron chi connectivity index (χ2n) is 7.48. The standard InChI is InChI=1S/C21H20F2N4O4S2/c22-17-8-16(9-18(23)20(17)33(30,31)25-19-12-32-13-24-19)27(21(28)29)11-15-5-2-1-4-14(15)10-26-6-3-7-26/h1-2,4-5,8-9,12-13,25H,3,6-7,10-11H2,(H,28,29). The lowest BCUT2D eigenvalue weighted by Crippen LogP contribution is -2.37. The van der Waals surface area contributed by atoms with Gasteiger partial charge in [0.1, 0.15) is 11.6 Å². The summed E-state index contributed by atoms with van der Waals surface area (Å²) in [5, 5.41) is 11.1. The minimum absolute atomic E-state index is 0.0751. The van der Waals surface area contributed by atoms with Gasteiger partial charge in [0.05, 0.1) is 17.7 Å². The van der Waals surface area contributed by atoms with Crippen LogP contribution in [0, 0.1) is 11.6 Å². The Labute approximate surface area is 193 Å². The van der Waals surface area contributed by atoms with Crippen molar-refractivity contribution in [3.8, 4) is 0 Å². The summed E-state index contributed by atoms with van der Waals surface area (Å²) in [5.41, 5.74) is 2.65. The largest absolute Gasteiger partial charge is 0.465 e. The average Bonchev–Trinajstić information content (AvgIpc) is 3.20. The smallest absolute Gasteiger partial charge is 0.412 e. The summed E-state index contributed by atoms with van der Waals surface area (Å²) in [7, 11) is -4.61. The molecule has 1 amide bonds. The lowest BCUT2D eigenvalue weighted by molar-refractivity contribution is 0.172. The Kier molecular flexibility index (Phi) is 6.58. The molecule has 4 rings (SSSR count). The number of hydrogen-bond acceptors (Lipinski definition) is 6. The van der Waals surface area contributed by atoms with Crippen LogP contribution in [0.1, 0.15) is 17.5 Å². The fourth-order valence-corrected chi connectivity index (χ4v) is 5.18. The first-order valence-electron chi connectivity index (χ1n) is 9.94. The highest BCUT2D eigenvalue weighted by Crippen LogP contribution is 2.29. The summed E-state index contributed by atoms with van der Waals surface area (Å²) in [5.74, 6) is -2.89. The third kappa shape index (κ3) is 5.13. The van der Waals surface area contributed by atoms with Crippen molar-refractivity contribution in [2.45, 2.75) is 24.4 Å². The molecule has 0 atom stereocenters. The molecular formula is C21H20F2N4O4S2. The molecule has 174 valence electrons. The number of nitrogens with zero attached hydrogens (tertiary/aromatic N) is 3. The van der Waals surface area contributed by atoms with Crippen molar-refractivity contribution in [1.29, 1.82) is 0 Å². The van der Waals surface area contributed by atoms with Crippen LogP contribution in [0.3, 0.4) is 0 Å². The lowest BCUT2D eigenvalue weighted by Gasteiger charge is -2.31. The molecule has 0 unspecified atom stereocenters. The summed E-state index contributed by atoms with van der Waals surface area (Å²) in [6, 6.07) is 8.65. The maximum atomic E-state index is 14.8. The van der Waals surface area contributed by atoms with Gasteiger partial charge in [0.25, 0.3) is 10.0 Å². The zero-order valence-electron chi connectivity index (χ0n) is 17.2. The van der Waals surface area contributed by atoms with Crippen LogP contribution in [-0.4, -0.2) is 42.6 Å². The van der Waals surface area contributed by atoms with Gasteiger partial charge in [-0.15, -0.1) is 11.3 Å². The molecule has 0 radical (unpaired) electrons. The third-order valence-electron chi connectivity index (χ3n) is 5.26. The highest BCUT2D eigenvalue weighted by molar-refractivity contribution is 7.92. The Balaban J connectivity index is 1.64. The maximum absolute atomic E-state index is 14.8. The molecule has 2 N–H and O–H groups in total. The van der Waals surface area contributed by atoms with E-state index >= 15 is 0 Å². The Hall–Kier alpha value is -3.09. The first kappa shape index (κ1) is 23.1. The van der Waals surface area contributed by atoms with Gasteiger partial charge in [0.2, 0.25) is 0 Å². The number of hydrogen-bond donors (Lipinski definition) is 2. The maximum Gasteiger partial charge on any atom is 0.412 e. The highest BCUT2D eigenvalue weighted by atomic mass is 32.2. The van der Waals surface area contributed by atoms with Gasteiger partial charge in [0, 0.05) is 11.9 Å². The Bertz CT molecular complexity index is 1240. The minimum Gasteiger partial charge on any atom is -0.465 e. The van der Waals surface area contributed by atoms with Gasteiger partial charge in [-0.3, -0.25) is 14.5 Å². The number of halogens is 2. The number of carboxylic acid groups (broad SMARTS) is 1. The number of sulfonamides is 1. The molecule has 0 bridgehead atoms. The molecule has 33 heavy (non-hydrogen) atoms. The quantitative estimate of drug-likeness (QED) is 0.489. The van der Waals surface area contributed by atoms with Gasteiger partial charge >= 0.3 is 6.09 Å².